The lowest BCUT2D eigenvalue weighted by Gasteiger charge is -2.22. The zero-order valence-electron chi connectivity index (χ0n) is 15.9. The number of rotatable bonds is 4. The van der Waals surface area contributed by atoms with Crippen molar-refractivity contribution in [3.05, 3.63) is 60.4 Å². The van der Waals surface area contributed by atoms with Gasteiger partial charge in [0.05, 0.1) is 11.6 Å². The fourth-order valence-corrected chi connectivity index (χ4v) is 2.50. The van der Waals surface area contributed by atoms with Crippen LogP contribution in [-0.2, 0) is 4.79 Å². The van der Waals surface area contributed by atoms with Crippen molar-refractivity contribution in [2.45, 2.75) is 33.3 Å². The van der Waals surface area contributed by atoms with E-state index in [2.05, 4.69) is 11.1 Å². The van der Waals surface area contributed by atoms with Crippen molar-refractivity contribution < 1.29 is 14.6 Å². The number of hydrogen-bond acceptors (Lipinski definition) is 4. The van der Waals surface area contributed by atoms with Crippen molar-refractivity contribution in [2.24, 2.45) is 0 Å². The van der Waals surface area contributed by atoms with Crippen LogP contribution in [0.4, 0.5) is 0 Å². The molecule has 3 aromatic rings. The van der Waals surface area contributed by atoms with Crippen molar-refractivity contribution in [1.82, 2.24) is 4.98 Å². The third-order valence-electron chi connectivity index (χ3n) is 3.95. The van der Waals surface area contributed by atoms with Crippen molar-refractivity contribution >= 4 is 16.7 Å². The summed E-state index contributed by atoms with van der Waals surface area (Å²) < 4.78 is 5.64. The summed E-state index contributed by atoms with van der Waals surface area (Å²) in [6.07, 6.45) is 3.49. The molecule has 0 radical (unpaired) electrons. The summed E-state index contributed by atoms with van der Waals surface area (Å²) in [6, 6.07) is 14.7. The van der Waals surface area contributed by atoms with Gasteiger partial charge in [-0.15, -0.1) is 0 Å². The third-order valence-corrected chi connectivity index (χ3v) is 3.95. The van der Waals surface area contributed by atoms with Crippen LogP contribution in [0.15, 0.2) is 54.9 Å². The lowest BCUT2D eigenvalue weighted by molar-refractivity contribution is -0.152. The number of fused-ring (bicyclic) bond motifs is 1. The van der Waals surface area contributed by atoms with Crippen LogP contribution in [0.2, 0.25) is 0 Å². The lowest BCUT2D eigenvalue weighted by atomic mass is 10.00. The SMILES string of the molecule is CC.CC(C)(Oc1ccc2cncc(-c3ccc(C#N)cc3)c2c1)C(=O)O. The maximum atomic E-state index is 11.3. The van der Waals surface area contributed by atoms with Gasteiger partial charge in [-0.25, -0.2) is 4.79 Å². The molecule has 0 bridgehead atoms. The van der Waals surface area contributed by atoms with Gasteiger partial charge in [0.25, 0.3) is 0 Å². The zero-order chi connectivity index (χ0) is 20.0. The Kier molecular flexibility index (Phi) is 6.15. The number of aromatic nitrogens is 1. The Hall–Kier alpha value is -3.39. The lowest BCUT2D eigenvalue weighted by Crippen LogP contribution is -2.37. The van der Waals surface area contributed by atoms with Gasteiger partial charge in [-0.2, -0.15) is 5.26 Å². The van der Waals surface area contributed by atoms with Gasteiger partial charge in [0, 0.05) is 23.3 Å². The molecule has 0 atom stereocenters. The minimum Gasteiger partial charge on any atom is -0.478 e. The number of carbonyl (C=O) groups is 1. The van der Waals surface area contributed by atoms with Crippen molar-refractivity contribution in [1.29, 1.82) is 5.26 Å². The molecule has 2 aromatic carbocycles. The maximum absolute atomic E-state index is 11.3. The highest BCUT2D eigenvalue weighted by Crippen LogP contribution is 2.31. The summed E-state index contributed by atoms with van der Waals surface area (Å²) in [6.45, 7) is 7.02. The number of nitrogens with zero attached hydrogens (tertiary/aromatic N) is 2. The van der Waals surface area contributed by atoms with E-state index in [1.54, 1.807) is 30.6 Å². The Morgan fingerprint density at radius 3 is 2.37 bits per heavy atom. The number of aliphatic carboxylic acids is 1. The van der Waals surface area contributed by atoms with Gasteiger partial charge in [-0.05, 0) is 55.1 Å². The van der Waals surface area contributed by atoms with Crippen LogP contribution in [0.3, 0.4) is 0 Å². The summed E-state index contributed by atoms with van der Waals surface area (Å²) in [7, 11) is 0. The highest BCUT2D eigenvalue weighted by atomic mass is 16.5. The van der Waals surface area contributed by atoms with E-state index in [1.807, 2.05) is 38.1 Å². The molecule has 0 aliphatic carbocycles. The molecule has 0 aliphatic rings. The number of ether oxygens (including phenoxy) is 1. The van der Waals surface area contributed by atoms with Gasteiger partial charge in [0.15, 0.2) is 5.60 Å². The Balaban J connectivity index is 0.00000126. The number of pyridine rings is 1. The summed E-state index contributed by atoms with van der Waals surface area (Å²) in [5, 5.41) is 20.0. The summed E-state index contributed by atoms with van der Waals surface area (Å²) in [5.74, 6) is -0.560. The van der Waals surface area contributed by atoms with E-state index in [0.29, 0.717) is 11.3 Å². The molecule has 5 nitrogen and oxygen atoms in total. The number of carboxylic acid groups (broad SMARTS) is 1. The van der Waals surface area contributed by atoms with Gasteiger partial charge in [0.1, 0.15) is 5.75 Å². The first-order chi connectivity index (χ1) is 12.9. The Bertz CT molecular complexity index is 987. The molecular formula is C22H22N2O3. The first-order valence-electron chi connectivity index (χ1n) is 8.71. The molecule has 1 aromatic heterocycles. The smallest absolute Gasteiger partial charge is 0.347 e. The molecule has 1 heterocycles. The monoisotopic (exact) mass is 362 g/mol. The highest BCUT2D eigenvalue weighted by Gasteiger charge is 2.29. The number of benzene rings is 2. The maximum Gasteiger partial charge on any atom is 0.347 e. The third kappa shape index (κ3) is 4.42. The highest BCUT2D eigenvalue weighted by molar-refractivity contribution is 5.96. The second kappa shape index (κ2) is 8.33. The van der Waals surface area contributed by atoms with E-state index in [9.17, 15) is 9.90 Å². The van der Waals surface area contributed by atoms with Gasteiger partial charge in [0.2, 0.25) is 0 Å². The molecule has 0 fully saturated rings. The zero-order valence-corrected chi connectivity index (χ0v) is 15.9. The van der Waals surface area contributed by atoms with E-state index in [4.69, 9.17) is 10.00 Å². The minimum atomic E-state index is -1.32. The average molecular weight is 362 g/mol. The molecule has 27 heavy (non-hydrogen) atoms. The van der Waals surface area contributed by atoms with Crippen LogP contribution in [-0.4, -0.2) is 21.7 Å². The largest absolute Gasteiger partial charge is 0.478 e. The quantitative estimate of drug-likeness (QED) is 0.703. The molecule has 0 unspecified atom stereocenters. The van der Waals surface area contributed by atoms with E-state index in [1.165, 1.54) is 13.8 Å². The van der Waals surface area contributed by atoms with E-state index >= 15 is 0 Å². The predicted molar refractivity (Wildman–Crippen MR) is 106 cm³/mol. The van der Waals surface area contributed by atoms with E-state index < -0.39 is 11.6 Å². The molecule has 0 saturated carbocycles. The number of nitriles is 1. The number of carboxylic acids is 1. The second-order valence-corrected chi connectivity index (χ2v) is 6.18. The average Bonchev–Trinajstić information content (AvgIpc) is 2.69. The fourth-order valence-electron chi connectivity index (χ4n) is 2.50. The predicted octanol–water partition coefficient (Wildman–Crippen LogP) is 5.04. The van der Waals surface area contributed by atoms with Crippen molar-refractivity contribution in [3.8, 4) is 22.9 Å². The molecule has 0 saturated heterocycles. The van der Waals surface area contributed by atoms with Gasteiger partial charge >= 0.3 is 5.97 Å². The molecule has 3 rings (SSSR count). The van der Waals surface area contributed by atoms with Crippen LogP contribution >= 0.6 is 0 Å². The van der Waals surface area contributed by atoms with Crippen molar-refractivity contribution in [3.63, 3.8) is 0 Å². The van der Waals surface area contributed by atoms with Crippen LogP contribution in [0.5, 0.6) is 5.75 Å². The van der Waals surface area contributed by atoms with Crippen LogP contribution in [0.25, 0.3) is 21.9 Å². The van der Waals surface area contributed by atoms with Crippen molar-refractivity contribution in [2.75, 3.05) is 0 Å². The van der Waals surface area contributed by atoms with Crippen LogP contribution in [0, 0.1) is 11.3 Å². The summed E-state index contributed by atoms with van der Waals surface area (Å²) >= 11 is 0. The Morgan fingerprint density at radius 2 is 1.78 bits per heavy atom. The van der Waals surface area contributed by atoms with Crippen LogP contribution < -0.4 is 4.74 Å². The molecule has 0 amide bonds. The number of hydrogen-bond donors (Lipinski definition) is 1. The molecule has 0 spiro atoms. The van der Waals surface area contributed by atoms with E-state index in [0.717, 1.165) is 21.9 Å². The second-order valence-electron chi connectivity index (χ2n) is 6.18. The molecule has 0 aliphatic heterocycles. The normalized spacial score (nSPS) is 10.5. The molecule has 5 heteroatoms. The van der Waals surface area contributed by atoms with Crippen LogP contribution in [0.1, 0.15) is 33.3 Å². The minimum absolute atomic E-state index is 0.473. The standard InChI is InChI=1S/C20H16N2O3.C2H6/c1-20(2,19(23)24)25-16-8-7-15-11-22-12-18(17(15)9-16)14-5-3-13(10-21)4-6-14;1-2/h3-9,11-12H,1-2H3,(H,23,24);1-2H3. The van der Waals surface area contributed by atoms with Gasteiger partial charge in [-0.1, -0.05) is 26.0 Å². The summed E-state index contributed by atoms with van der Waals surface area (Å²) in [4.78, 5) is 15.5. The summed E-state index contributed by atoms with van der Waals surface area (Å²) in [5.41, 5.74) is 1.08. The topological polar surface area (TPSA) is 83.2 Å². The first-order valence-corrected chi connectivity index (χ1v) is 8.71. The first kappa shape index (κ1) is 19.9. The van der Waals surface area contributed by atoms with Gasteiger partial charge in [-0.3, -0.25) is 4.98 Å². The molecule has 1 N–H and O–H groups in total. The molecular weight excluding hydrogens is 340 g/mol. The Labute approximate surface area is 158 Å². The molecule has 138 valence electrons. The van der Waals surface area contributed by atoms with E-state index in [-0.39, 0.29) is 0 Å². The Morgan fingerprint density at radius 1 is 1.11 bits per heavy atom. The van der Waals surface area contributed by atoms with Gasteiger partial charge < -0.3 is 9.84 Å². The fraction of sp³-hybridized carbons (Fsp3) is 0.227.